The zero-order valence-electron chi connectivity index (χ0n) is 12.6. The summed E-state index contributed by atoms with van der Waals surface area (Å²) in [5, 5.41) is 0. The Morgan fingerprint density at radius 2 is 1.86 bits per heavy atom. The van der Waals surface area contributed by atoms with Crippen LogP contribution in [0.2, 0.25) is 0 Å². The molecule has 6 nitrogen and oxygen atoms in total. The van der Waals surface area contributed by atoms with Gasteiger partial charge in [-0.05, 0) is 33.6 Å². The molecule has 10 heteroatoms. The molecule has 1 saturated heterocycles. The summed E-state index contributed by atoms with van der Waals surface area (Å²) >= 11 is 0. The molecule has 0 aliphatic carbocycles. The maximum atomic E-state index is 12.2. The molecule has 0 N–H and O–H groups in total. The standard InChI is InChI=1S/C12H20F3NO5S/c1-11(2,3)21-10(17)16-6-4-5-9(7-16)8-20-22(18,19)12(13,14)15/h9H,4-8H2,1-3H3. The van der Waals surface area contributed by atoms with Crippen LogP contribution in [0.1, 0.15) is 33.6 Å². The topological polar surface area (TPSA) is 72.9 Å². The second-order valence-electron chi connectivity index (χ2n) is 6.12. The van der Waals surface area contributed by atoms with Gasteiger partial charge in [0.05, 0.1) is 6.61 Å². The zero-order chi connectivity index (χ0) is 17.2. The third-order valence-electron chi connectivity index (χ3n) is 2.91. The highest BCUT2D eigenvalue weighted by Crippen LogP contribution is 2.26. The van der Waals surface area contributed by atoms with Crippen LogP contribution in [0, 0.1) is 5.92 Å². The minimum atomic E-state index is -5.60. The van der Waals surface area contributed by atoms with Gasteiger partial charge in [-0.3, -0.25) is 4.18 Å². The van der Waals surface area contributed by atoms with E-state index >= 15 is 0 Å². The van der Waals surface area contributed by atoms with Crippen molar-refractivity contribution < 1.29 is 35.3 Å². The molecule has 0 aromatic rings. The summed E-state index contributed by atoms with van der Waals surface area (Å²) in [4.78, 5) is 13.2. The van der Waals surface area contributed by atoms with Crippen LogP contribution in [-0.4, -0.2) is 50.2 Å². The van der Waals surface area contributed by atoms with E-state index in [9.17, 15) is 26.4 Å². The van der Waals surface area contributed by atoms with Gasteiger partial charge in [-0.2, -0.15) is 21.6 Å². The molecule has 1 rings (SSSR count). The predicted octanol–water partition coefficient (Wildman–Crippen LogP) is 2.50. The fourth-order valence-electron chi connectivity index (χ4n) is 1.95. The fourth-order valence-corrected chi connectivity index (χ4v) is 2.45. The Morgan fingerprint density at radius 1 is 1.27 bits per heavy atom. The summed E-state index contributed by atoms with van der Waals surface area (Å²) in [6, 6.07) is 0. The largest absolute Gasteiger partial charge is 0.523 e. The van der Waals surface area contributed by atoms with Crippen LogP contribution in [-0.2, 0) is 19.0 Å². The van der Waals surface area contributed by atoms with Crippen LogP contribution >= 0.6 is 0 Å². The highest BCUT2D eigenvalue weighted by atomic mass is 32.2. The molecule has 1 amide bonds. The van der Waals surface area contributed by atoms with Crippen LogP contribution in [0.5, 0.6) is 0 Å². The molecule has 1 aliphatic heterocycles. The van der Waals surface area contributed by atoms with E-state index in [0.29, 0.717) is 19.4 Å². The molecule has 1 aliphatic rings. The second-order valence-corrected chi connectivity index (χ2v) is 7.73. The molecule has 1 atom stereocenters. The Bertz CT molecular complexity index is 498. The van der Waals surface area contributed by atoms with Crippen molar-refractivity contribution in [2.24, 2.45) is 5.92 Å². The Kier molecular flexibility index (Phi) is 5.71. The van der Waals surface area contributed by atoms with Gasteiger partial charge in [0.15, 0.2) is 0 Å². The number of rotatable bonds is 3. The van der Waals surface area contributed by atoms with Gasteiger partial charge in [0.2, 0.25) is 0 Å². The molecule has 0 bridgehead atoms. The van der Waals surface area contributed by atoms with Gasteiger partial charge in [0.25, 0.3) is 0 Å². The number of carbonyl (C=O) groups excluding carboxylic acids is 1. The normalized spacial score (nSPS) is 20.8. The zero-order valence-corrected chi connectivity index (χ0v) is 13.5. The number of piperidine rings is 1. The lowest BCUT2D eigenvalue weighted by atomic mass is 9.99. The molecule has 0 aromatic heterocycles. The molecule has 0 saturated carbocycles. The highest BCUT2D eigenvalue weighted by molar-refractivity contribution is 7.87. The number of hydrogen-bond donors (Lipinski definition) is 0. The molecule has 1 heterocycles. The molecular weight excluding hydrogens is 327 g/mol. The number of carbonyl (C=O) groups is 1. The molecule has 22 heavy (non-hydrogen) atoms. The van der Waals surface area contributed by atoms with E-state index in [1.807, 2.05) is 0 Å². The number of amides is 1. The number of nitrogens with zero attached hydrogens (tertiary/aromatic N) is 1. The maximum Gasteiger partial charge on any atom is 0.523 e. The molecule has 0 radical (unpaired) electrons. The van der Waals surface area contributed by atoms with E-state index < -0.39 is 39.8 Å². The van der Waals surface area contributed by atoms with Crippen molar-refractivity contribution in [3.8, 4) is 0 Å². The Labute approximate surface area is 127 Å². The molecular formula is C12H20F3NO5S. The predicted molar refractivity (Wildman–Crippen MR) is 71.5 cm³/mol. The van der Waals surface area contributed by atoms with E-state index in [4.69, 9.17) is 4.74 Å². The average Bonchev–Trinajstić information content (AvgIpc) is 2.33. The Balaban J connectivity index is 2.56. The summed E-state index contributed by atoms with van der Waals surface area (Å²) in [7, 11) is -5.60. The van der Waals surface area contributed by atoms with Gasteiger partial charge in [-0.1, -0.05) is 0 Å². The summed E-state index contributed by atoms with van der Waals surface area (Å²) in [6.07, 6.45) is 0.447. The molecule has 1 unspecified atom stereocenters. The van der Waals surface area contributed by atoms with Crippen LogP contribution in [0.15, 0.2) is 0 Å². The number of ether oxygens (including phenoxy) is 1. The van der Waals surface area contributed by atoms with Gasteiger partial charge in [0, 0.05) is 19.0 Å². The van der Waals surface area contributed by atoms with E-state index in [1.165, 1.54) is 4.90 Å². The van der Waals surface area contributed by atoms with Gasteiger partial charge in [-0.25, -0.2) is 4.79 Å². The Morgan fingerprint density at radius 3 is 2.36 bits per heavy atom. The van der Waals surface area contributed by atoms with Gasteiger partial charge < -0.3 is 9.64 Å². The van der Waals surface area contributed by atoms with Crippen molar-refractivity contribution in [3.05, 3.63) is 0 Å². The minimum Gasteiger partial charge on any atom is -0.444 e. The summed E-state index contributed by atoms with van der Waals surface area (Å²) in [5.41, 5.74) is -6.12. The van der Waals surface area contributed by atoms with Crippen LogP contribution in [0.25, 0.3) is 0 Å². The van der Waals surface area contributed by atoms with E-state index in [1.54, 1.807) is 20.8 Å². The van der Waals surface area contributed by atoms with Crippen molar-refractivity contribution in [3.63, 3.8) is 0 Å². The van der Waals surface area contributed by atoms with Crippen molar-refractivity contribution >= 4 is 16.2 Å². The van der Waals surface area contributed by atoms with Crippen molar-refractivity contribution in [2.45, 2.75) is 44.7 Å². The SMILES string of the molecule is CC(C)(C)OC(=O)N1CCCC(COS(=O)(=O)C(F)(F)F)C1. The van der Waals surface area contributed by atoms with E-state index in [-0.39, 0.29) is 6.54 Å². The summed E-state index contributed by atoms with van der Waals surface area (Å²) in [5.74, 6) is -0.488. The van der Waals surface area contributed by atoms with E-state index in [2.05, 4.69) is 4.18 Å². The third-order valence-corrected chi connectivity index (χ3v) is 3.93. The average molecular weight is 347 g/mol. The van der Waals surface area contributed by atoms with Crippen LogP contribution in [0.3, 0.4) is 0 Å². The first-order chi connectivity index (χ1) is 9.82. The minimum absolute atomic E-state index is 0.0995. The number of halogens is 3. The van der Waals surface area contributed by atoms with E-state index in [0.717, 1.165) is 0 Å². The number of likely N-dealkylation sites (tertiary alicyclic amines) is 1. The third kappa shape index (κ3) is 5.64. The highest BCUT2D eigenvalue weighted by Gasteiger charge is 2.47. The van der Waals surface area contributed by atoms with Crippen LogP contribution < -0.4 is 0 Å². The summed E-state index contributed by atoms with van der Waals surface area (Å²) < 4.78 is 67.4. The molecule has 130 valence electrons. The first-order valence-electron chi connectivity index (χ1n) is 6.75. The smallest absolute Gasteiger partial charge is 0.444 e. The quantitative estimate of drug-likeness (QED) is 0.579. The maximum absolute atomic E-state index is 12.2. The molecule has 0 aromatic carbocycles. The van der Waals surface area contributed by atoms with Gasteiger partial charge in [-0.15, -0.1) is 0 Å². The van der Waals surface area contributed by atoms with Gasteiger partial charge >= 0.3 is 21.7 Å². The van der Waals surface area contributed by atoms with Gasteiger partial charge in [0.1, 0.15) is 5.60 Å². The molecule has 1 fully saturated rings. The molecule has 0 spiro atoms. The second kappa shape index (κ2) is 6.61. The first-order valence-corrected chi connectivity index (χ1v) is 8.16. The van der Waals surface area contributed by atoms with Crippen molar-refractivity contribution in [1.29, 1.82) is 0 Å². The summed E-state index contributed by atoms with van der Waals surface area (Å²) in [6.45, 7) is 5.00. The Hall–Kier alpha value is -1.03. The fraction of sp³-hybridized carbons (Fsp3) is 0.917. The lowest BCUT2D eigenvalue weighted by molar-refractivity contribution is -0.0558. The van der Waals surface area contributed by atoms with Crippen molar-refractivity contribution in [1.82, 2.24) is 4.90 Å². The lowest BCUT2D eigenvalue weighted by Gasteiger charge is -2.33. The number of hydrogen-bond acceptors (Lipinski definition) is 5. The van der Waals surface area contributed by atoms with Crippen LogP contribution in [0.4, 0.5) is 18.0 Å². The lowest BCUT2D eigenvalue weighted by Crippen LogP contribution is -2.44. The van der Waals surface area contributed by atoms with Crippen molar-refractivity contribution in [2.75, 3.05) is 19.7 Å². The number of alkyl halides is 3. The monoisotopic (exact) mass is 347 g/mol. The first kappa shape index (κ1) is 19.0.